The highest BCUT2D eigenvalue weighted by molar-refractivity contribution is 6.30. The summed E-state index contributed by atoms with van der Waals surface area (Å²) < 4.78 is 10.1. The molecule has 2 aromatic rings. The molecule has 0 atom stereocenters. The summed E-state index contributed by atoms with van der Waals surface area (Å²) in [6.45, 7) is 2.04. The van der Waals surface area contributed by atoms with Crippen molar-refractivity contribution in [2.75, 3.05) is 11.9 Å². The van der Waals surface area contributed by atoms with Crippen LogP contribution in [0.3, 0.4) is 0 Å². The van der Waals surface area contributed by atoms with Crippen molar-refractivity contribution >= 4 is 28.9 Å². The zero-order chi connectivity index (χ0) is 15.7. The molecule has 1 aromatic heterocycles. The molecule has 0 bridgehead atoms. The summed E-state index contributed by atoms with van der Waals surface area (Å²) in [5.74, 6) is -0.866. The topological polar surface area (TPSA) is 81.4 Å². The summed E-state index contributed by atoms with van der Waals surface area (Å²) in [6, 6.07) is 6.76. The van der Waals surface area contributed by atoms with Crippen LogP contribution in [0, 0.1) is 0 Å². The highest BCUT2D eigenvalue weighted by Crippen LogP contribution is 2.30. The average Bonchev–Trinajstić information content (AvgIpc) is 2.92. The number of hydrogen-bond donors (Lipinski definition) is 1. The summed E-state index contributed by atoms with van der Waals surface area (Å²) in [4.78, 5) is 24.5. The van der Waals surface area contributed by atoms with Crippen molar-refractivity contribution in [3.05, 3.63) is 52.3 Å². The van der Waals surface area contributed by atoms with E-state index in [4.69, 9.17) is 20.9 Å². The first-order valence-electron chi connectivity index (χ1n) is 6.56. The fourth-order valence-corrected chi connectivity index (χ4v) is 2.18. The van der Waals surface area contributed by atoms with E-state index in [1.54, 1.807) is 31.2 Å². The van der Waals surface area contributed by atoms with Crippen LogP contribution in [0.4, 0.5) is 5.69 Å². The summed E-state index contributed by atoms with van der Waals surface area (Å²) in [7, 11) is 0. The molecule has 0 saturated carbocycles. The van der Waals surface area contributed by atoms with E-state index in [1.807, 2.05) is 0 Å². The van der Waals surface area contributed by atoms with Gasteiger partial charge in [-0.3, -0.25) is 9.59 Å². The molecule has 0 fully saturated rings. The highest BCUT2D eigenvalue weighted by atomic mass is 35.5. The zero-order valence-corrected chi connectivity index (χ0v) is 12.3. The lowest BCUT2D eigenvalue weighted by molar-refractivity contribution is 0.0981. The van der Waals surface area contributed by atoms with Gasteiger partial charge < -0.3 is 14.6 Å². The van der Waals surface area contributed by atoms with Crippen LogP contribution in [0.15, 0.2) is 40.6 Å². The van der Waals surface area contributed by atoms with Crippen LogP contribution in [0.5, 0.6) is 5.95 Å². The van der Waals surface area contributed by atoms with E-state index in [0.29, 0.717) is 17.3 Å². The molecule has 22 heavy (non-hydrogen) atoms. The van der Waals surface area contributed by atoms with Crippen molar-refractivity contribution in [3.8, 4) is 5.95 Å². The molecule has 112 valence electrons. The third-order valence-electron chi connectivity index (χ3n) is 3.04. The molecular formula is C15H11ClN2O4. The number of fused-ring (bicyclic) bond motifs is 1. The fraction of sp³-hybridized carbons (Fsp3) is 0.133. The van der Waals surface area contributed by atoms with E-state index in [2.05, 4.69) is 10.5 Å². The number of allylic oxidation sites excluding steroid dienone is 2. The third-order valence-corrected chi connectivity index (χ3v) is 3.29. The number of anilines is 1. The molecule has 0 spiro atoms. The van der Waals surface area contributed by atoms with Gasteiger partial charge in [-0.05, 0) is 31.2 Å². The van der Waals surface area contributed by atoms with Gasteiger partial charge in [-0.2, -0.15) is 0 Å². The maximum Gasteiger partial charge on any atom is 0.323 e. The van der Waals surface area contributed by atoms with E-state index in [0.717, 1.165) is 0 Å². The number of carbonyl (C=O) groups is 2. The van der Waals surface area contributed by atoms with Crippen molar-refractivity contribution in [2.45, 2.75) is 6.92 Å². The molecule has 1 heterocycles. The van der Waals surface area contributed by atoms with Crippen LogP contribution in [0.2, 0.25) is 5.02 Å². The van der Waals surface area contributed by atoms with E-state index >= 15 is 0 Å². The molecule has 1 aliphatic carbocycles. The van der Waals surface area contributed by atoms with Crippen LogP contribution < -0.4 is 10.1 Å². The zero-order valence-electron chi connectivity index (χ0n) is 11.6. The molecule has 1 aliphatic rings. The van der Waals surface area contributed by atoms with Crippen LogP contribution >= 0.6 is 11.6 Å². The second-order valence-electron chi connectivity index (χ2n) is 4.51. The Bertz CT molecular complexity index is 777. The van der Waals surface area contributed by atoms with Gasteiger partial charge in [0, 0.05) is 16.8 Å². The Morgan fingerprint density at radius 1 is 1.27 bits per heavy atom. The molecule has 0 saturated heterocycles. The highest BCUT2D eigenvalue weighted by Gasteiger charge is 2.34. The molecule has 1 aromatic carbocycles. The number of ether oxygens (including phenoxy) is 1. The molecule has 6 nitrogen and oxygen atoms in total. The van der Waals surface area contributed by atoms with Crippen LogP contribution in [-0.2, 0) is 0 Å². The standard InChI is InChI=1S/C15H11ClN2O4/c1-2-21-15-12-13(18-22-15)11(19)7-10(14(12)20)17-9-5-3-8(16)4-6-9/h3-7,17H,2H2,1H3. The Morgan fingerprint density at radius 3 is 2.68 bits per heavy atom. The number of nitrogens with zero attached hydrogens (tertiary/aromatic N) is 1. The Kier molecular flexibility index (Phi) is 3.68. The van der Waals surface area contributed by atoms with Crippen molar-refractivity contribution in [3.63, 3.8) is 0 Å². The first kappa shape index (κ1) is 14.3. The monoisotopic (exact) mass is 318 g/mol. The lowest BCUT2D eigenvalue weighted by Gasteiger charge is -2.13. The van der Waals surface area contributed by atoms with Crippen LogP contribution in [-0.4, -0.2) is 23.3 Å². The van der Waals surface area contributed by atoms with Gasteiger partial charge in [0.15, 0.2) is 5.69 Å². The third kappa shape index (κ3) is 2.48. The van der Waals surface area contributed by atoms with Gasteiger partial charge in [-0.1, -0.05) is 16.8 Å². The lowest BCUT2D eigenvalue weighted by Crippen LogP contribution is -2.21. The Balaban J connectivity index is 1.93. The second kappa shape index (κ2) is 5.65. The normalized spacial score (nSPS) is 13.6. The maximum absolute atomic E-state index is 12.5. The van der Waals surface area contributed by atoms with Crippen LogP contribution in [0.1, 0.15) is 27.8 Å². The second-order valence-corrected chi connectivity index (χ2v) is 4.95. The number of benzene rings is 1. The van der Waals surface area contributed by atoms with Crippen molar-refractivity contribution in [1.29, 1.82) is 0 Å². The molecule has 0 radical (unpaired) electrons. The minimum atomic E-state index is -0.416. The minimum Gasteiger partial charge on any atom is -0.464 e. The Labute approximate surface area is 130 Å². The summed E-state index contributed by atoms with van der Waals surface area (Å²) in [6.07, 6.45) is 1.19. The fourth-order valence-electron chi connectivity index (χ4n) is 2.05. The number of rotatable bonds is 4. The number of Topliss-reactive ketones (excluding diaryl/α,β-unsaturated/α-hetero) is 1. The molecule has 3 rings (SSSR count). The number of aromatic nitrogens is 1. The van der Waals surface area contributed by atoms with E-state index in [1.165, 1.54) is 6.08 Å². The molecule has 1 N–H and O–H groups in total. The van der Waals surface area contributed by atoms with E-state index in [-0.39, 0.29) is 22.9 Å². The number of carbonyl (C=O) groups excluding carboxylic acids is 2. The summed E-state index contributed by atoms with van der Waals surface area (Å²) in [5.41, 5.74) is 0.777. The van der Waals surface area contributed by atoms with Gasteiger partial charge in [0.25, 0.3) is 0 Å². The van der Waals surface area contributed by atoms with Crippen molar-refractivity contribution in [2.24, 2.45) is 0 Å². The molecule has 0 amide bonds. The average molecular weight is 319 g/mol. The van der Waals surface area contributed by atoms with Gasteiger partial charge >= 0.3 is 5.95 Å². The Morgan fingerprint density at radius 2 is 2.00 bits per heavy atom. The largest absolute Gasteiger partial charge is 0.464 e. The molecule has 0 aliphatic heterocycles. The van der Waals surface area contributed by atoms with Gasteiger partial charge in [0.1, 0.15) is 5.56 Å². The predicted octanol–water partition coefficient (Wildman–Crippen LogP) is 3.10. The number of hydrogen-bond acceptors (Lipinski definition) is 6. The van der Waals surface area contributed by atoms with Crippen molar-refractivity contribution in [1.82, 2.24) is 5.16 Å². The smallest absolute Gasteiger partial charge is 0.323 e. The molecule has 7 heteroatoms. The maximum atomic E-state index is 12.5. The predicted molar refractivity (Wildman–Crippen MR) is 79.5 cm³/mol. The number of ketones is 2. The minimum absolute atomic E-state index is 0.0323. The van der Waals surface area contributed by atoms with Gasteiger partial charge in [-0.25, -0.2) is 0 Å². The van der Waals surface area contributed by atoms with Crippen LogP contribution in [0.25, 0.3) is 0 Å². The summed E-state index contributed by atoms with van der Waals surface area (Å²) >= 11 is 5.81. The summed E-state index contributed by atoms with van der Waals surface area (Å²) in [5, 5.41) is 7.07. The molecule has 0 unspecified atom stereocenters. The van der Waals surface area contributed by atoms with Gasteiger partial charge in [-0.15, -0.1) is 0 Å². The lowest BCUT2D eigenvalue weighted by atomic mass is 9.99. The van der Waals surface area contributed by atoms with Gasteiger partial charge in [0.05, 0.1) is 12.3 Å². The first-order chi connectivity index (χ1) is 10.6. The number of halogens is 1. The first-order valence-corrected chi connectivity index (χ1v) is 6.93. The SMILES string of the molecule is CCOc1onc2c1C(=O)C(Nc1ccc(Cl)cc1)=CC2=O. The van der Waals surface area contributed by atoms with Crippen molar-refractivity contribution < 1.29 is 18.8 Å². The van der Waals surface area contributed by atoms with E-state index < -0.39 is 11.6 Å². The van der Waals surface area contributed by atoms with E-state index in [9.17, 15) is 9.59 Å². The quantitative estimate of drug-likeness (QED) is 0.932. The van der Waals surface area contributed by atoms with Gasteiger partial charge in [0.2, 0.25) is 11.6 Å². The number of nitrogens with one attached hydrogen (secondary N) is 1. The Hall–Kier alpha value is -2.60. The molecular weight excluding hydrogens is 308 g/mol.